The number of nitrogens with zero attached hydrogens (tertiary/aromatic N) is 1. The van der Waals surface area contributed by atoms with Crippen LogP contribution in [0.3, 0.4) is 0 Å². The van der Waals surface area contributed by atoms with Crippen LogP contribution in [0.25, 0.3) is 0 Å². The van der Waals surface area contributed by atoms with Crippen molar-refractivity contribution in [3.8, 4) is 0 Å². The quantitative estimate of drug-likeness (QED) is 0.238. The average Bonchev–Trinajstić information content (AvgIpc) is 1.69. The Morgan fingerprint density at radius 1 is 1.86 bits per heavy atom. The molecule has 42 valence electrons. The molecule has 0 fully saturated rings. The molecule has 0 aromatic carbocycles. The fraction of sp³-hybridized carbons (Fsp3) is 0.750. The highest BCUT2D eigenvalue weighted by molar-refractivity contribution is 6.17. The summed E-state index contributed by atoms with van der Waals surface area (Å²) in [5, 5.41) is 3.45. The Bertz CT molecular complexity index is 55.7. The van der Waals surface area contributed by atoms with Crippen LogP contribution in [0.5, 0.6) is 0 Å². The number of halogens is 1. The lowest BCUT2D eigenvalue weighted by atomic mass is 10.9. The van der Waals surface area contributed by atoms with Crippen molar-refractivity contribution in [2.24, 2.45) is 5.16 Å². The smallest absolute Gasteiger partial charge is 0.130 e. The zero-order valence-corrected chi connectivity index (χ0v) is 4.98. The number of hydrogen-bond donors (Lipinski definition) is 0. The molecule has 0 aromatic heterocycles. The molecule has 0 unspecified atom stereocenters. The SMILES string of the molecule is CC=NOCCCl. The van der Waals surface area contributed by atoms with Crippen LogP contribution in [0.4, 0.5) is 0 Å². The van der Waals surface area contributed by atoms with Gasteiger partial charge in [0.2, 0.25) is 0 Å². The molecule has 3 heteroatoms. The fourth-order valence-electron chi connectivity index (χ4n) is 0.162. The number of oxime groups is 1. The van der Waals surface area contributed by atoms with Crippen molar-refractivity contribution in [2.45, 2.75) is 6.92 Å². The summed E-state index contributed by atoms with van der Waals surface area (Å²) in [6, 6.07) is 0. The van der Waals surface area contributed by atoms with Crippen LogP contribution >= 0.6 is 11.6 Å². The second-order valence-electron chi connectivity index (χ2n) is 0.886. The normalized spacial score (nSPS) is 10.0. The molecule has 2 nitrogen and oxygen atoms in total. The number of rotatable bonds is 3. The van der Waals surface area contributed by atoms with E-state index in [0.717, 1.165) is 0 Å². The first-order valence-electron chi connectivity index (χ1n) is 2.07. The lowest BCUT2D eigenvalue weighted by Gasteiger charge is -1.88. The van der Waals surface area contributed by atoms with Crippen LogP contribution in [-0.2, 0) is 4.84 Å². The summed E-state index contributed by atoms with van der Waals surface area (Å²) >= 11 is 5.24. The minimum absolute atomic E-state index is 0.492. The molecule has 0 atom stereocenters. The van der Waals surface area contributed by atoms with Gasteiger partial charge in [-0.15, -0.1) is 11.6 Å². The van der Waals surface area contributed by atoms with E-state index in [1.54, 1.807) is 13.1 Å². The van der Waals surface area contributed by atoms with Gasteiger partial charge in [-0.25, -0.2) is 0 Å². The van der Waals surface area contributed by atoms with Crippen molar-refractivity contribution in [3.63, 3.8) is 0 Å². The molecule has 0 spiro atoms. The second kappa shape index (κ2) is 5.76. The van der Waals surface area contributed by atoms with Gasteiger partial charge in [-0.05, 0) is 6.92 Å². The van der Waals surface area contributed by atoms with Crippen molar-refractivity contribution in [1.29, 1.82) is 0 Å². The van der Waals surface area contributed by atoms with Gasteiger partial charge in [-0.1, -0.05) is 5.16 Å². The first kappa shape index (κ1) is 6.76. The molecule has 0 aliphatic carbocycles. The third kappa shape index (κ3) is 5.76. The van der Waals surface area contributed by atoms with Crippen LogP contribution in [0.15, 0.2) is 5.16 Å². The summed E-state index contributed by atoms with van der Waals surface area (Å²) in [6.07, 6.45) is 1.58. The maximum absolute atomic E-state index is 5.24. The van der Waals surface area contributed by atoms with Gasteiger partial charge in [0.1, 0.15) is 6.61 Å². The number of alkyl halides is 1. The second-order valence-corrected chi connectivity index (χ2v) is 1.26. The summed E-state index contributed by atoms with van der Waals surface area (Å²) in [7, 11) is 0. The molecule has 0 aliphatic heterocycles. The van der Waals surface area contributed by atoms with Gasteiger partial charge in [-0.3, -0.25) is 0 Å². The molecule has 7 heavy (non-hydrogen) atoms. The van der Waals surface area contributed by atoms with Crippen LogP contribution in [0.1, 0.15) is 6.92 Å². The largest absolute Gasteiger partial charge is 0.395 e. The Morgan fingerprint density at radius 2 is 2.57 bits per heavy atom. The van der Waals surface area contributed by atoms with Crippen molar-refractivity contribution in [2.75, 3.05) is 12.5 Å². The predicted molar refractivity (Wildman–Crippen MR) is 30.8 cm³/mol. The molecular weight excluding hydrogens is 114 g/mol. The van der Waals surface area contributed by atoms with E-state index in [4.69, 9.17) is 11.6 Å². The van der Waals surface area contributed by atoms with Crippen LogP contribution in [0.2, 0.25) is 0 Å². The van der Waals surface area contributed by atoms with Gasteiger partial charge in [0.05, 0.1) is 5.88 Å². The Labute approximate surface area is 48.1 Å². The molecule has 0 aromatic rings. The van der Waals surface area contributed by atoms with E-state index >= 15 is 0 Å². The summed E-state index contributed by atoms with van der Waals surface area (Å²) in [6.45, 7) is 2.28. The van der Waals surface area contributed by atoms with Crippen molar-refractivity contribution in [1.82, 2.24) is 0 Å². The highest BCUT2D eigenvalue weighted by atomic mass is 35.5. The highest BCUT2D eigenvalue weighted by Gasteiger charge is 1.73. The van der Waals surface area contributed by atoms with Crippen LogP contribution < -0.4 is 0 Å². The van der Waals surface area contributed by atoms with Gasteiger partial charge >= 0.3 is 0 Å². The average molecular weight is 122 g/mol. The van der Waals surface area contributed by atoms with E-state index < -0.39 is 0 Å². The van der Waals surface area contributed by atoms with E-state index in [-0.39, 0.29) is 0 Å². The van der Waals surface area contributed by atoms with Crippen LogP contribution in [-0.4, -0.2) is 18.7 Å². The van der Waals surface area contributed by atoms with E-state index in [1.165, 1.54) is 0 Å². The molecule has 0 heterocycles. The minimum Gasteiger partial charge on any atom is -0.395 e. The highest BCUT2D eigenvalue weighted by Crippen LogP contribution is 1.76. The van der Waals surface area contributed by atoms with Crippen LogP contribution in [0, 0.1) is 0 Å². The van der Waals surface area contributed by atoms with Gasteiger partial charge in [0.15, 0.2) is 0 Å². The molecular formula is C4H8ClNO. The molecule has 0 aliphatic rings. The molecule has 0 bridgehead atoms. The Balaban J connectivity index is 2.69. The molecule has 0 saturated carbocycles. The van der Waals surface area contributed by atoms with E-state index in [1.807, 2.05) is 0 Å². The number of hydrogen-bond acceptors (Lipinski definition) is 2. The van der Waals surface area contributed by atoms with Crippen molar-refractivity contribution < 1.29 is 4.84 Å². The third-order valence-electron chi connectivity index (χ3n) is 0.348. The Hall–Kier alpha value is -0.240. The van der Waals surface area contributed by atoms with Crippen molar-refractivity contribution >= 4 is 17.8 Å². The molecule has 0 amide bonds. The maximum Gasteiger partial charge on any atom is 0.130 e. The maximum atomic E-state index is 5.24. The third-order valence-corrected chi connectivity index (χ3v) is 0.503. The summed E-state index contributed by atoms with van der Waals surface area (Å²) in [4.78, 5) is 4.57. The molecule has 0 rings (SSSR count). The summed E-state index contributed by atoms with van der Waals surface area (Å²) in [5.41, 5.74) is 0. The monoisotopic (exact) mass is 121 g/mol. The minimum atomic E-state index is 0.492. The van der Waals surface area contributed by atoms with Gasteiger partial charge in [0, 0.05) is 6.21 Å². The lowest BCUT2D eigenvalue weighted by Crippen LogP contribution is -1.86. The molecule has 0 N–H and O–H groups in total. The van der Waals surface area contributed by atoms with E-state index in [9.17, 15) is 0 Å². The first-order chi connectivity index (χ1) is 3.41. The van der Waals surface area contributed by atoms with Gasteiger partial charge in [0.25, 0.3) is 0 Å². The molecule has 0 saturated heterocycles. The standard InChI is InChI=1S/C4H8ClNO/c1-2-6-7-4-3-5/h2H,3-4H2,1H3. The topological polar surface area (TPSA) is 21.6 Å². The van der Waals surface area contributed by atoms with E-state index in [2.05, 4.69) is 9.99 Å². The van der Waals surface area contributed by atoms with Gasteiger partial charge < -0.3 is 4.84 Å². The van der Waals surface area contributed by atoms with E-state index in [0.29, 0.717) is 12.5 Å². The van der Waals surface area contributed by atoms with Gasteiger partial charge in [-0.2, -0.15) is 0 Å². The lowest BCUT2D eigenvalue weighted by molar-refractivity contribution is 0.162. The Kier molecular flexibility index (Phi) is 5.56. The zero-order chi connectivity index (χ0) is 5.54. The Morgan fingerprint density at radius 3 is 3.00 bits per heavy atom. The summed E-state index contributed by atoms with van der Waals surface area (Å²) < 4.78 is 0. The molecule has 0 radical (unpaired) electrons. The predicted octanol–water partition coefficient (Wildman–Crippen LogP) is 1.25. The first-order valence-corrected chi connectivity index (χ1v) is 2.61. The zero-order valence-electron chi connectivity index (χ0n) is 4.22. The fourth-order valence-corrected chi connectivity index (χ4v) is 0.231. The van der Waals surface area contributed by atoms with Crippen molar-refractivity contribution in [3.05, 3.63) is 0 Å². The summed E-state index contributed by atoms with van der Waals surface area (Å²) in [5.74, 6) is 0.497.